The van der Waals surface area contributed by atoms with Gasteiger partial charge in [-0.1, -0.05) is 54.1 Å². The van der Waals surface area contributed by atoms with Crippen molar-refractivity contribution in [3.05, 3.63) is 77.1 Å². The van der Waals surface area contributed by atoms with Crippen LogP contribution < -0.4 is 0 Å². The van der Waals surface area contributed by atoms with Gasteiger partial charge in [0.1, 0.15) is 0 Å². The van der Waals surface area contributed by atoms with E-state index in [0.29, 0.717) is 5.02 Å². The summed E-state index contributed by atoms with van der Waals surface area (Å²) in [6.07, 6.45) is 0. The second kappa shape index (κ2) is 5.77. The molecular formula is C20H16ClN3. The summed E-state index contributed by atoms with van der Waals surface area (Å²) in [5.74, 6) is 0. The van der Waals surface area contributed by atoms with Crippen LogP contribution in [0.5, 0.6) is 0 Å². The smallest absolute Gasteiger partial charge is 0.164 e. The number of hydrogen-bond acceptors (Lipinski definition) is 2. The molecule has 0 N–H and O–H groups in total. The van der Waals surface area contributed by atoms with E-state index in [9.17, 15) is 0 Å². The van der Waals surface area contributed by atoms with Gasteiger partial charge in [0.15, 0.2) is 5.65 Å². The SMILES string of the molecule is Cc1cc(-c2ccccc2)n2nc(C)c(-c3cccc(Cl)c3)c2n1. The van der Waals surface area contributed by atoms with Crippen molar-refractivity contribution >= 4 is 17.2 Å². The average molecular weight is 334 g/mol. The number of aromatic nitrogens is 3. The van der Waals surface area contributed by atoms with E-state index in [-0.39, 0.29) is 0 Å². The van der Waals surface area contributed by atoms with Gasteiger partial charge in [0.05, 0.1) is 11.4 Å². The summed E-state index contributed by atoms with van der Waals surface area (Å²) in [6.45, 7) is 4.02. The summed E-state index contributed by atoms with van der Waals surface area (Å²) >= 11 is 6.18. The van der Waals surface area contributed by atoms with Crippen LogP contribution in [0.2, 0.25) is 5.02 Å². The predicted octanol–water partition coefficient (Wildman–Crippen LogP) is 5.33. The van der Waals surface area contributed by atoms with Crippen LogP contribution in [0.25, 0.3) is 28.0 Å². The molecule has 0 aliphatic heterocycles. The molecule has 3 nitrogen and oxygen atoms in total. The summed E-state index contributed by atoms with van der Waals surface area (Å²) in [6, 6.07) is 20.1. The minimum atomic E-state index is 0.710. The summed E-state index contributed by atoms with van der Waals surface area (Å²) < 4.78 is 1.92. The molecule has 2 aromatic carbocycles. The van der Waals surface area contributed by atoms with Gasteiger partial charge < -0.3 is 0 Å². The molecule has 0 amide bonds. The second-order valence-electron chi connectivity index (χ2n) is 5.85. The van der Waals surface area contributed by atoms with Crippen LogP contribution in [0.1, 0.15) is 11.4 Å². The third kappa shape index (κ3) is 2.47. The first-order valence-corrected chi connectivity index (χ1v) is 8.19. The highest BCUT2D eigenvalue weighted by Gasteiger charge is 2.16. The summed E-state index contributed by atoms with van der Waals surface area (Å²) in [7, 11) is 0. The molecule has 0 spiro atoms. The second-order valence-corrected chi connectivity index (χ2v) is 6.29. The number of halogens is 1. The van der Waals surface area contributed by atoms with Crippen molar-refractivity contribution in [3.8, 4) is 22.4 Å². The zero-order valence-electron chi connectivity index (χ0n) is 13.5. The quantitative estimate of drug-likeness (QED) is 0.496. The first-order chi connectivity index (χ1) is 11.6. The highest BCUT2D eigenvalue weighted by atomic mass is 35.5. The Hall–Kier alpha value is -2.65. The van der Waals surface area contributed by atoms with Crippen LogP contribution in [-0.2, 0) is 0 Å². The van der Waals surface area contributed by atoms with Crippen molar-refractivity contribution in [1.82, 2.24) is 14.6 Å². The van der Waals surface area contributed by atoms with E-state index in [1.165, 1.54) is 0 Å². The Morgan fingerprint density at radius 1 is 0.875 bits per heavy atom. The molecule has 0 unspecified atom stereocenters. The molecule has 4 rings (SSSR count). The van der Waals surface area contributed by atoms with Crippen LogP contribution in [0.3, 0.4) is 0 Å². The standard InChI is InChI=1S/C20H16ClN3/c1-13-11-18(15-7-4-3-5-8-15)24-20(22-13)19(14(2)23-24)16-9-6-10-17(21)12-16/h3-12H,1-2H3. The van der Waals surface area contributed by atoms with Crippen molar-refractivity contribution in [2.45, 2.75) is 13.8 Å². The largest absolute Gasteiger partial charge is 0.233 e. The molecular weight excluding hydrogens is 318 g/mol. The van der Waals surface area contributed by atoms with Gasteiger partial charge >= 0.3 is 0 Å². The van der Waals surface area contributed by atoms with Gasteiger partial charge in [-0.3, -0.25) is 0 Å². The van der Waals surface area contributed by atoms with Gasteiger partial charge in [-0.15, -0.1) is 0 Å². The molecule has 2 aromatic heterocycles. The van der Waals surface area contributed by atoms with E-state index in [1.54, 1.807) is 0 Å². The van der Waals surface area contributed by atoms with E-state index in [1.807, 2.05) is 60.8 Å². The first kappa shape index (κ1) is 14.9. The maximum Gasteiger partial charge on any atom is 0.164 e. The first-order valence-electron chi connectivity index (χ1n) is 7.82. The monoisotopic (exact) mass is 333 g/mol. The van der Waals surface area contributed by atoms with E-state index in [0.717, 1.165) is 39.4 Å². The van der Waals surface area contributed by atoms with Crippen molar-refractivity contribution < 1.29 is 0 Å². The molecule has 0 atom stereocenters. The lowest BCUT2D eigenvalue weighted by Gasteiger charge is -2.07. The fourth-order valence-corrected chi connectivity index (χ4v) is 3.23. The maximum absolute atomic E-state index is 6.18. The molecule has 0 aliphatic carbocycles. The number of nitrogens with zero attached hydrogens (tertiary/aromatic N) is 3. The van der Waals surface area contributed by atoms with Gasteiger partial charge in [-0.05, 0) is 37.6 Å². The zero-order chi connectivity index (χ0) is 16.7. The van der Waals surface area contributed by atoms with Gasteiger partial charge in [0.25, 0.3) is 0 Å². The topological polar surface area (TPSA) is 30.2 Å². The van der Waals surface area contributed by atoms with Gasteiger partial charge in [0, 0.05) is 21.8 Å². The summed E-state index contributed by atoms with van der Waals surface area (Å²) in [5.41, 5.74) is 6.97. The van der Waals surface area contributed by atoms with E-state index >= 15 is 0 Å². The zero-order valence-corrected chi connectivity index (χ0v) is 14.2. The molecule has 2 heterocycles. The minimum absolute atomic E-state index is 0.710. The predicted molar refractivity (Wildman–Crippen MR) is 98.3 cm³/mol. The number of fused-ring (bicyclic) bond motifs is 1. The van der Waals surface area contributed by atoms with Crippen LogP contribution in [0.4, 0.5) is 0 Å². The lowest BCUT2D eigenvalue weighted by Crippen LogP contribution is -1.98. The highest BCUT2D eigenvalue weighted by Crippen LogP contribution is 2.31. The number of aryl methyl sites for hydroxylation is 2. The molecule has 0 aliphatic rings. The summed E-state index contributed by atoms with van der Waals surface area (Å²) in [4.78, 5) is 4.75. The Balaban J connectivity index is 2.05. The lowest BCUT2D eigenvalue weighted by atomic mass is 10.1. The Labute approximate surface area is 145 Å². The number of rotatable bonds is 2. The highest BCUT2D eigenvalue weighted by molar-refractivity contribution is 6.30. The third-order valence-electron chi connectivity index (χ3n) is 4.07. The van der Waals surface area contributed by atoms with Crippen LogP contribution in [-0.4, -0.2) is 14.6 Å². The molecule has 0 radical (unpaired) electrons. The summed E-state index contributed by atoms with van der Waals surface area (Å²) in [5, 5.41) is 5.46. The Kier molecular flexibility index (Phi) is 3.58. The Morgan fingerprint density at radius 2 is 1.62 bits per heavy atom. The normalized spacial score (nSPS) is 11.1. The van der Waals surface area contributed by atoms with Gasteiger partial charge in [-0.25, -0.2) is 9.50 Å². The fraction of sp³-hybridized carbons (Fsp3) is 0.100. The third-order valence-corrected chi connectivity index (χ3v) is 4.31. The van der Waals surface area contributed by atoms with Crippen LogP contribution in [0, 0.1) is 13.8 Å². The lowest BCUT2D eigenvalue weighted by molar-refractivity contribution is 0.917. The minimum Gasteiger partial charge on any atom is -0.233 e. The van der Waals surface area contributed by atoms with Crippen molar-refractivity contribution in [2.75, 3.05) is 0 Å². The van der Waals surface area contributed by atoms with E-state index in [4.69, 9.17) is 21.7 Å². The van der Waals surface area contributed by atoms with Crippen molar-refractivity contribution in [2.24, 2.45) is 0 Å². The average Bonchev–Trinajstić information content (AvgIpc) is 2.90. The fourth-order valence-electron chi connectivity index (χ4n) is 3.04. The Bertz CT molecular complexity index is 1040. The maximum atomic E-state index is 6.18. The van der Waals surface area contributed by atoms with Crippen molar-refractivity contribution in [3.63, 3.8) is 0 Å². The van der Waals surface area contributed by atoms with Gasteiger partial charge in [0.2, 0.25) is 0 Å². The molecule has 0 bridgehead atoms. The van der Waals surface area contributed by atoms with Crippen LogP contribution in [0.15, 0.2) is 60.7 Å². The van der Waals surface area contributed by atoms with E-state index < -0.39 is 0 Å². The van der Waals surface area contributed by atoms with Gasteiger partial charge in [-0.2, -0.15) is 5.10 Å². The number of hydrogen-bond donors (Lipinski definition) is 0. The molecule has 4 aromatic rings. The molecule has 0 saturated carbocycles. The molecule has 0 fully saturated rings. The van der Waals surface area contributed by atoms with Crippen molar-refractivity contribution in [1.29, 1.82) is 0 Å². The molecule has 4 heteroatoms. The Morgan fingerprint density at radius 3 is 2.38 bits per heavy atom. The van der Waals surface area contributed by atoms with E-state index in [2.05, 4.69) is 18.2 Å². The number of benzene rings is 2. The van der Waals surface area contributed by atoms with Crippen LogP contribution >= 0.6 is 11.6 Å². The molecule has 118 valence electrons. The molecule has 0 saturated heterocycles. The molecule has 24 heavy (non-hydrogen) atoms.